The third-order valence-electron chi connectivity index (χ3n) is 7.20. The molecule has 0 fully saturated rings. The first-order chi connectivity index (χ1) is 19.5. The van der Waals surface area contributed by atoms with Gasteiger partial charge in [0.15, 0.2) is 5.78 Å². The molecule has 6 nitrogen and oxygen atoms in total. The second-order valence-electron chi connectivity index (χ2n) is 9.73. The van der Waals surface area contributed by atoms with Gasteiger partial charge in [0, 0.05) is 35.6 Å². The van der Waals surface area contributed by atoms with Gasteiger partial charge in [0.2, 0.25) is 0 Å². The molecule has 0 radical (unpaired) electrons. The second-order valence-corrected chi connectivity index (χ2v) is 9.73. The number of likely N-dealkylation sites (N-methyl/N-ethyl adjacent to an activating group) is 1. The molecule has 0 spiro atoms. The first-order valence-electron chi connectivity index (χ1n) is 13.6. The van der Waals surface area contributed by atoms with E-state index in [1.54, 1.807) is 13.0 Å². The Bertz CT molecular complexity index is 1670. The van der Waals surface area contributed by atoms with Crippen LogP contribution in [0, 0.1) is 11.3 Å². The molecule has 0 aliphatic heterocycles. The van der Waals surface area contributed by atoms with Gasteiger partial charge in [0.25, 0.3) is 0 Å². The van der Waals surface area contributed by atoms with E-state index in [9.17, 15) is 10.1 Å². The lowest BCUT2D eigenvalue weighted by atomic mass is 9.99. The van der Waals surface area contributed by atoms with Gasteiger partial charge in [-0.3, -0.25) is 4.79 Å². The SMILES string of the molecule is CCN(CC)CCOc1ccc(-c2cn3cc(-c4cccc(C#N)c4)cc(-c4ccc(C(C)=O)cc4)c3n2)cc1. The molecule has 0 atom stereocenters. The van der Waals surface area contributed by atoms with Gasteiger partial charge in [-0.25, -0.2) is 4.98 Å². The molecule has 6 heteroatoms. The van der Waals surface area contributed by atoms with E-state index in [-0.39, 0.29) is 5.78 Å². The largest absolute Gasteiger partial charge is 0.492 e. The summed E-state index contributed by atoms with van der Waals surface area (Å²) in [6.45, 7) is 9.46. The average molecular weight is 529 g/mol. The van der Waals surface area contributed by atoms with Crippen LogP contribution in [0.3, 0.4) is 0 Å². The van der Waals surface area contributed by atoms with E-state index in [4.69, 9.17) is 9.72 Å². The van der Waals surface area contributed by atoms with Gasteiger partial charge < -0.3 is 14.0 Å². The highest BCUT2D eigenvalue weighted by Crippen LogP contribution is 2.33. The molecule has 2 heterocycles. The number of ketones is 1. The quantitative estimate of drug-likeness (QED) is 0.180. The summed E-state index contributed by atoms with van der Waals surface area (Å²) in [4.78, 5) is 19.2. The normalized spacial score (nSPS) is 11.1. The molecule has 0 saturated heterocycles. The van der Waals surface area contributed by atoms with Gasteiger partial charge >= 0.3 is 0 Å². The molecule has 0 unspecified atom stereocenters. The van der Waals surface area contributed by atoms with E-state index >= 15 is 0 Å². The highest BCUT2D eigenvalue weighted by atomic mass is 16.5. The standard InChI is InChI=1S/C34H32N4O2/c1-4-37(5-2)17-18-40-31-15-13-28(14-16-31)33-23-38-22-30(29-8-6-7-25(19-29)21-35)20-32(34(38)36-33)27-11-9-26(10-12-27)24(3)39/h6-16,19-20,22-23H,4-5,17-18H2,1-3H3. The lowest BCUT2D eigenvalue weighted by molar-refractivity contribution is 0.101. The number of nitriles is 1. The Balaban J connectivity index is 1.52. The van der Waals surface area contributed by atoms with Crippen molar-refractivity contribution >= 4 is 11.4 Å². The van der Waals surface area contributed by atoms with Crippen LogP contribution in [0.2, 0.25) is 0 Å². The van der Waals surface area contributed by atoms with Crippen molar-refractivity contribution < 1.29 is 9.53 Å². The molecule has 40 heavy (non-hydrogen) atoms. The Morgan fingerprint density at radius 2 is 1.62 bits per heavy atom. The summed E-state index contributed by atoms with van der Waals surface area (Å²) in [5.74, 6) is 0.868. The lowest BCUT2D eigenvalue weighted by Gasteiger charge is -2.18. The third kappa shape index (κ3) is 5.80. The number of ether oxygens (including phenoxy) is 1. The Morgan fingerprint density at radius 1 is 0.900 bits per heavy atom. The Kier molecular flexibility index (Phi) is 8.04. The van der Waals surface area contributed by atoms with Crippen LogP contribution in [0.5, 0.6) is 5.75 Å². The predicted molar refractivity (Wildman–Crippen MR) is 160 cm³/mol. The van der Waals surface area contributed by atoms with Gasteiger partial charge in [-0.2, -0.15) is 5.26 Å². The number of imidazole rings is 1. The summed E-state index contributed by atoms with van der Waals surface area (Å²) in [5, 5.41) is 9.42. The van der Waals surface area contributed by atoms with Crippen LogP contribution in [0.4, 0.5) is 0 Å². The first kappa shape index (κ1) is 26.9. The molecule has 3 aromatic carbocycles. The molecular formula is C34H32N4O2. The van der Waals surface area contributed by atoms with E-state index in [2.05, 4.69) is 30.9 Å². The van der Waals surface area contributed by atoms with Gasteiger partial charge in [0.05, 0.1) is 17.3 Å². The fourth-order valence-electron chi connectivity index (χ4n) is 4.82. The number of rotatable bonds is 10. The molecule has 0 N–H and O–H groups in total. The van der Waals surface area contributed by atoms with Crippen molar-refractivity contribution in [2.75, 3.05) is 26.2 Å². The molecule has 0 saturated carbocycles. The third-order valence-corrected chi connectivity index (χ3v) is 7.20. The minimum atomic E-state index is 0.0299. The highest BCUT2D eigenvalue weighted by Gasteiger charge is 2.14. The van der Waals surface area contributed by atoms with E-state index in [1.807, 2.05) is 83.5 Å². The molecule has 0 amide bonds. The molecule has 0 aliphatic carbocycles. The molecule has 2 aromatic heterocycles. The number of hydrogen-bond donors (Lipinski definition) is 0. The first-order valence-corrected chi connectivity index (χ1v) is 13.6. The number of hydrogen-bond acceptors (Lipinski definition) is 5. The summed E-state index contributed by atoms with van der Waals surface area (Å²) in [7, 11) is 0. The van der Waals surface area contributed by atoms with Gasteiger partial charge in [-0.05, 0) is 79.2 Å². The molecule has 5 aromatic rings. The van der Waals surface area contributed by atoms with Crippen LogP contribution >= 0.6 is 0 Å². The van der Waals surface area contributed by atoms with Crippen LogP contribution < -0.4 is 4.74 Å². The van der Waals surface area contributed by atoms with Crippen molar-refractivity contribution in [1.29, 1.82) is 5.26 Å². The number of pyridine rings is 1. The van der Waals surface area contributed by atoms with Crippen LogP contribution in [0.1, 0.15) is 36.7 Å². The van der Waals surface area contributed by atoms with E-state index in [1.165, 1.54) is 0 Å². The number of Topliss-reactive ketones (excluding diaryl/α,β-unsaturated/α-hetero) is 1. The Labute approximate surface area is 235 Å². The summed E-state index contributed by atoms with van der Waals surface area (Å²) in [5.41, 5.74) is 7.74. The second kappa shape index (κ2) is 12.0. The molecule has 5 rings (SSSR count). The summed E-state index contributed by atoms with van der Waals surface area (Å²) >= 11 is 0. The van der Waals surface area contributed by atoms with Crippen LogP contribution in [-0.2, 0) is 0 Å². The van der Waals surface area contributed by atoms with Crippen molar-refractivity contribution in [1.82, 2.24) is 14.3 Å². The Hall–Kier alpha value is -4.73. The van der Waals surface area contributed by atoms with E-state index in [0.29, 0.717) is 17.7 Å². The van der Waals surface area contributed by atoms with Crippen molar-refractivity contribution in [2.45, 2.75) is 20.8 Å². The summed E-state index contributed by atoms with van der Waals surface area (Å²) in [6, 6.07) is 27.6. The zero-order valence-corrected chi connectivity index (χ0v) is 23.1. The molecule has 200 valence electrons. The van der Waals surface area contributed by atoms with Crippen molar-refractivity contribution in [2.24, 2.45) is 0 Å². The van der Waals surface area contributed by atoms with Gasteiger partial charge in [-0.1, -0.05) is 50.2 Å². The van der Waals surface area contributed by atoms with Gasteiger partial charge in [-0.15, -0.1) is 0 Å². The van der Waals surface area contributed by atoms with Crippen molar-refractivity contribution in [3.63, 3.8) is 0 Å². The average Bonchev–Trinajstić information content (AvgIpc) is 3.43. The maximum absolute atomic E-state index is 11.9. The molecular weight excluding hydrogens is 496 g/mol. The maximum Gasteiger partial charge on any atom is 0.159 e. The molecule has 0 aliphatic rings. The van der Waals surface area contributed by atoms with E-state index in [0.717, 1.165) is 64.5 Å². The zero-order chi connectivity index (χ0) is 28.1. The van der Waals surface area contributed by atoms with Crippen LogP contribution in [-0.4, -0.2) is 46.3 Å². The smallest absolute Gasteiger partial charge is 0.159 e. The van der Waals surface area contributed by atoms with Gasteiger partial charge in [0.1, 0.15) is 18.0 Å². The maximum atomic E-state index is 11.9. The van der Waals surface area contributed by atoms with Crippen molar-refractivity contribution in [3.05, 3.63) is 102 Å². The summed E-state index contributed by atoms with van der Waals surface area (Å²) < 4.78 is 8.00. The number of carbonyl (C=O) groups is 1. The fourth-order valence-corrected chi connectivity index (χ4v) is 4.82. The lowest BCUT2D eigenvalue weighted by Crippen LogP contribution is -2.27. The zero-order valence-electron chi connectivity index (χ0n) is 23.1. The predicted octanol–water partition coefficient (Wildman–Crippen LogP) is 7.13. The number of nitrogens with zero attached hydrogens (tertiary/aromatic N) is 4. The minimum Gasteiger partial charge on any atom is -0.492 e. The van der Waals surface area contributed by atoms with Crippen LogP contribution in [0.15, 0.2) is 91.3 Å². The highest BCUT2D eigenvalue weighted by molar-refractivity contribution is 5.95. The number of fused-ring (bicyclic) bond motifs is 1. The molecule has 0 bridgehead atoms. The number of benzene rings is 3. The van der Waals surface area contributed by atoms with Crippen molar-refractivity contribution in [3.8, 4) is 45.3 Å². The van der Waals surface area contributed by atoms with E-state index < -0.39 is 0 Å². The summed E-state index contributed by atoms with van der Waals surface area (Å²) in [6.07, 6.45) is 4.07. The minimum absolute atomic E-state index is 0.0299. The topological polar surface area (TPSA) is 70.6 Å². The number of carbonyl (C=O) groups excluding carboxylic acids is 1. The monoisotopic (exact) mass is 528 g/mol. The fraction of sp³-hybridized carbons (Fsp3) is 0.206. The van der Waals surface area contributed by atoms with Crippen LogP contribution in [0.25, 0.3) is 39.2 Å². The Morgan fingerprint density at radius 3 is 2.30 bits per heavy atom. The number of aromatic nitrogens is 2.